The van der Waals surface area contributed by atoms with Crippen molar-refractivity contribution >= 4 is 5.97 Å². The molecule has 0 amide bonds. The molecule has 0 bridgehead atoms. The lowest BCUT2D eigenvalue weighted by atomic mass is 9.72. The quantitative estimate of drug-likeness (QED) is 0.736. The summed E-state index contributed by atoms with van der Waals surface area (Å²) in [5.74, 6) is 1.18. The molecule has 0 spiro atoms. The lowest BCUT2D eigenvalue weighted by Crippen LogP contribution is -2.52. The molecule has 1 saturated heterocycles. The maximum Gasteiger partial charge on any atom is 0.302 e. The number of nitrogens with zero attached hydrogens (tertiary/aromatic N) is 1. The van der Waals surface area contributed by atoms with Crippen LogP contribution < -0.4 is 0 Å². The van der Waals surface area contributed by atoms with Crippen molar-refractivity contribution in [3.8, 4) is 0 Å². The van der Waals surface area contributed by atoms with Crippen LogP contribution in [0.4, 0.5) is 0 Å². The molecule has 3 nitrogen and oxygen atoms in total. The van der Waals surface area contributed by atoms with Crippen molar-refractivity contribution in [2.45, 2.75) is 65.5 Å². The van der Waals surface area contributed by atoms with Crippen molar-refractivity contribution in [2.75, 3.05) is 6.54 Å². The van der Waals surface area contributed by atoms with E-state index in [9.17, 15) is 4.79 Å². The molecular formula is C18H29NO2. The highest BCUT2D eigenvalue weighted by Gasteiger charge is 2.41. The predicted molar refractivity (Wildman–Crippen MR) is 85.7 cm³/mol. The second-order valence-corrected chi connectivity index (χ2v) is 7.22. The zero-order valence-electron chi connectivity index (χ0n) is 14.1. The number of allylic oxidation sites excluding steroid dienone is 4. The summed E-state index contributed by atoms with van der Waals surface area (Å²) in [4.78, 5) is 13.6. The van der Waals surface area contributed by atoms with Gasteiger partial charge in [0.1, 0.15) is 6.10 Å². The van der Waals surface area contributed by atoms with Crippen LogP contribution >= 0.6 is 0 Å². The minimum absolute atomic E-state index is 0.0177. The first-order valence-corrected chi connectivity index (χ1v) is 8.13. The van der Waals surface area contributed by atoms with Crippen molar-refractivity contribution in [1.29, 1.82) is 0 Å². The van der Waals surface area contributed by atoms with E-state index in [0.29, 0.717) is 5.92 Å². The van der Waals surface area contributed by atoms with Crippen molar-refractivity contribution in [2.24, 2.45) is 11.8 Å². The maximum absolute atomic E-state index is 11.0. The number of piperidine rings is 1. The van der Waals surface area contributed by atoms with E-state index in [2.05, 4.69) is 43.9 Å². The lowest BCUT2D eigenvalue weighted by molar-refractivity contribution is -0.146. The molecule has 0 aromatic carbocycles. The van der Waals surface area contributed by atoms with Crippen molar-refractivity contribution in [3.63, 3.8) is 0 Å². The van der Waals surface area contributed by atoms with E-state index in [1.165, 1.54) is 19.0 Å². The van der Waals surface area contributed by atoms with Gasteiger partial charge in [-0.1, -0.05) is 19.1 Å². The molecule has 0 N–H and O–H groups in total. The zero-order valence-corrected chi connectivity index (χ0v) is 14.1. The topological polar surface area (TPSA) is 29.5 Å². The molecule has 3 heteroatoms. The highest BCUT2D eigenvalue weighted by atomic mass is 16.5. The van der Waals surface area contributed by atoms with E-state index in [1.54, 1.807) is 0 Å². The van der Waals surface area contributed by atoms with Crippen LogP contribution in [-0.2, 0) is 9.53 Å². The first-order chi connectivity index (χ1) is 9.81. The van der Waals surface area contributed by atoms with E-state index in [1.807, 2.05) is 6.92 Å². The molecule has 3 unspecified atom stereocenters. The molecule has 0 aromatic rings. The molecule has 3 atom stereocenters. The van der Waals surface area contributed by atoms with Crippen molar-refractivity contribution in [3.05, 3.63) is 23.9 Å². The molecule has 0 aromatic heterocycles. The van der Waals surface area contributed by atoms with Gasteiger partial charge in [0.05, 0.1) is 0 Å². The number of carbonyl (C=O) groups is 1. The largest absolute Gasteiger partial charge is 0.463 e. The second-order valence-electron chi connectivity index (χ2n) is 7.22. The van der Waals surface area contributed by atoms with Gasteiger partial charge in [0.15, 0.2) is 0 Å². The van der Waals surface area contributed by atoms with Crippen LogP contribution in [0.15, 0.2) is 23.9 Å². The number of rotatable bonds is 4. The van der Waals surface area contributed by atoms with E-state index in [4.69, 9.17) is 4.74 Å². The Balaban J connectivity index is 2.09. The molecule has 21 heavy (non-hydrogen) atoms. The average Bonchev–Trinajstić information content (AvgIpc) is 2.36. The molecule has 0 radical (unpaired) electrons. The molecular weight excluding hydrogens is 262 g/mol. The minimum atomic E-state index is -0.188. The molecule has 2 rings (SSSR count). The second kappa shape index (κ2) is 6.25. The summed E-state index contributed by atoms with van der Waals surface area (Å²) in [6, 6.07) is 0. The van der Waals surface area contributed by atoms with Gasteiger partial charge in [-0.2, -0.15) is 0 Å². The fourth-order valence-corrected chi connectivity index (χ4v) is 3.92. The van der Waals surface area contributed by atoms with Gasteiger partial charge in [-0.25, -0.2) is 0 Å². The van der Waals surface area contributed by atoms with Crippen LogP contribution in [0.25, 0.3) is 0 Å². The van der Waals surface area contributed by atoms with Crippen LogP contribution in [0, 0.1) is 11.8 Å². The standard InChI is InChI=1S/C18H29NO2/c1-13-12-18(4,5)19(11-10-14(2)21-15(3)20)17-9-7-6-8-16(13)17/h6-7,9,13-14,16H,8,10-12H2,1-5H3. The number of hydrogen-bond donors (Lipinski definition) is 0. The molecule has 1 aliphatic carbocycles. The zero-order chi connectivity index (χ0) is 15.6. The summed E-state index contributed by atoms with van der Waals surface area (Å²) in [7, 11) is 0. The summed E-state index contributed by atoms with van der Waals surface area (Å²) in [6.45, 7) is 11.4. The number of carbonyl (C=O) groups excluding carboxylic acids is 1. The van der Waals surface area contributed by atoms with Crippen LogP contribution in [-0.4, -0.2) is 29.1 Å². The Morgan fingerprint density at radius 3 is 2.90 bits per heavy atom. The number of likely N-dealkylation sites (tertiary alicyclic amines) is 1. The van der Waals surface area contributed by atoms with E-state index < -0.39 is 0 Å². The predicted octanol–water partition coefficient (Wildman–Crippen LogP) is 3.91. The van der Waals surface area contributed by atoms with Gasteiger partial charge < -0.3 is 9.64 Å². The third-order valence-electron chi connectivity index (χ3n) is 4.85. The summed E-state index contributed by atoms with van der Waals surface area (Å²) >= 11 is 0. The number of esters is 1. The number of fused-ring (bicyclic) bond motifs is 1. The Morgan fingerprint density at radius 2 is 2.24 bits per heavy atom. The highest BCUT2D eigenvalue weighted by Crippen LogP contribution is 2.44. The highest BCUT2D eigenvalue weighted by molar-refractivity contribution is 5.66. The van der Waals surface area contributed by atoms with E-state index in [0.717, 1.165) is 25.3 Å². The third kappa shape index (κ3) is 3.69. The lowest BCUT2D eigenvalue weighted by Gasteiger charge is -2.52. The first-order valence-electron chi connectivity index (χ1n) is 8.13. The molecule has 1 aliphatic heterocycles. The molecule has 2 aliphatic rings. The summed E-state index contributed by atoms with van der Waals surface area (Å²) in [6.07, 6.45) is 9.97. The summed E-state index contributed by atoms with van der Waals surface area (Å²) in [5, 5.41) is 0. The van der Waals surface area contributed by atoms with Gasteiger partial charge in [0.25, 0.3) is 0 Å². The van der Waals surface area contributed by atoms with Gasteiger partial charge in [-0.3, -0.25) is 4.79 Å². The van der Waals surface area contributed by atoms with Gasteiger partial charge in [0.2, 0.25) is 0 Å². The smallest absolute Gasteiger partial charge is 0.302 e. The molecule has 1 fully saturated rings. The van der Waals surface area contributed by atoms with Crippen LogP contribution in [0.2, 0.25) is 0 Å². The van der Waals surface area contributed by atoms with Crippen molar-refractivity contribution in [1.82, 2.24) is 4.90 Å². The van der Waals surface area contributed by atoms with Gasteiger partial charge in [0, 0.05) is 37.0 Å². The summed E-state index contributed by atoms with van der Waals surface area (Å²) < 4.78 is 5.27. The normalized spacial score (nSPS) is 28.6. The van der Waals surface area contributed by atoms with E-state index >= 15 is 0 Å². The Kier molecular flexibility index (Phi) is 4.80. The Labute approximate surface area is 129 Å². The fourth-order valence-electron chi connectivity index (χ4n) is 3.92. The maximum atomic E-state index is 11.0. The molecule has 118 valence electrons. The number of hydrogen-bond acceptors (Lipinski definition) is 3. The van der Waals surface area contributed by atoms with Gasteiger partial charge in [-0.15, -0.1) is 0 Å². The fraction of sp³-hybridized carbons (Fsp3) is 0.722. The van der Waals surface area contributed by atoms with Crippen molar-refractivity contribution < 1.29 is 9.53 Å². The Morgan fingerprint density at radius 1 is 1.52 bits per heavy atom. The van der Waals surface area contributed by atoms with E-state index in [-0.39, 0.29) is 17.6 Å². The monoisotopic (exact) mass is 291 g/mol. The number of ether oxygens (including phenoxy) is 1. The average molecular weight is 291 g/mol. The van der Waals surface area contributed by atoms with Crippen LogP contribution in [0.3, 0.4) is 0 Å². The first kappa shape index (κ1) is 16.1. The molecule has 0 saturated carbocycles. The minimum Gasteiger partial charge on any atom is -0.463 e. The Hall–Kier alpha value is -1.25. The Bertz CT molecular complexity index is 450. The van der Waals surface area contributed by atoms with Gasteiger partial charge >= 0.3 is 5.97 Å². The van der Waals surface area contributed by atoms with Crippen LogP contribution in [0.1, 0.15) is 53.9 Å². The third-order valence-corrected chi connectivity index (χ3v) is 4.85. The van der Waals surface area contributed by atoms with Crippen LogP contribution in [0.5, 0.6) is 0 Å². The SMILES string of the molecule is CC(=O)OC(C)CCN1C2=CC=CCC2C(C)CC1(C)C. The molecule has 1 heterocycles. The summed E-state index contributed by atoms with van der Waals surface area (Å²) in [5.41, 5.74) is 1.64. The van der Waals surface area contributed by atoms with Gasteiger partial charge in [-0.05, 0) is 45.6 Å².